The fraction of sp³-hybridized carbons (Fsp3) is 0.100. The Kier molecular flexibility index (Phi) is 5.94. The fourth-order valence-corrected chi connectivity index (χ4v) is 3.97. The lowest BCUT2D eigenvalue weighted by atomic mass is 10.1. The second-order valence-electron chi connectivity index (χ2n) is 6.12. The van der Waals surface area contributed by atoms with E-state index in [1.807, 2.05) is 42.6 Å². The lowest BCUT2D eigenvalue weighted by Gasteiger charge is -2.00. The number of carbonyl (C=O) groups is 1. The van der Waals surface area contributed by atoms with Crippen LogP contribution in [0.25, 0.3) is 22.7 Å². The topological polar surface area (TPSA) is 80.9 Å². The van der Waals surface area contributed by atoms with Gasteiger partial charge in [-0.3, -0.25) is 4.79 Å². The minimum absolute atomic E-state index is 0.136. The van der Waals surface area contributed by atoms with Crippen molar-refractivity contribution in [3.8, 4) is 22.7 Å². The van der Waals surface area contributed by atoms with Gasteiger partial charge >= 0.3 is 0 Å². The molecule has 0 radical (unpaired) electrons. The Bertz CT molecular complexity index is 1140. The lowest BCUT2D eigenvalue weighted by Crippen LogP contribution is -2.13. The van der Waals surface area contributed by atoms with E-state index >= 15 is 0 Å². The van der Waals surface area contributed by atoms with Crippen molar-refractivity contribution in [3.63, 3.8) is 0 Å². The highest BCUT2D eigenvalue weighted by atomic mass is 35.5. The highest BCUT2D eigenvalue weighted by molar-refractivity contribution is 7.99. The van der Waals surface area contributed by atoms with Crippen LogP contribution in [-0.4, -0.2) is 26.8 Å². The van der Waals surface area contributed by atoms with E-state index in [4.69, 9.17) is 16.0 Å². The van der Waals surface area contributed by atoms with E-state index in [1.165, 1.54) is 16.9 Å². The number of aromatic nitrogens is 3. The molecule has 9 heteroatoms. The molecule has 0 spiro atoms. The summed E-state index contributed by atoms with van der Waals surface area (Å²) in [5.41, 5.74) is 3.77. The molecule has 4 aromatic rings. The standard InChI is InChI=1S/C20H15ClN4O2S2/c1-12-5-7-13(8-6-12)16-10-28-19(22-16)23-17(26)11-29-20-25-24-18(27-20)14-3-2-4-15(21)9-14/h2-10H,11H2,1H3,(H,22,23,26). The van der Waals surface area contributed by atoms with Crippen molar-refractivity contribution in [1.82, 2.24) is 15.2 Å². The third-order valence-electron chi connectivity index (χ3n) is 3.90. The average molecular weight is 443 g/mol. The number of hydrogen-bond donors (Lipinski definition) is 1. The summed E-state index contributed by atoms with van der Waals surface area (Å²) in [5, 5.41) is 14.1. The SMILES string of the molecule is Cc1ccc(-c2csc(NC(=O)CSc3nnc(-c4cccc(Cl)c4)o3)n2)cc1. The van der Waals surface area contributed by atoms with Gasteiger partial charge in [0.05, 0.1) is 11.4 Å². The summed E-state index contributed by atoms with van der Waals surface area (Å²) in [6.07, 6.45) is 0. The van der Waals surface area contributed by atoms with Crippen molar-refractivity contribution >= 4 is 45.7 Å². The Morgan fingerprint density at radius 1 is 1.17 bits per heavy atom. The second kappa shape index (κ2) is 8.77. The number of amides is 1. The van der Waals surface area contributed by atoms with Crippen LogP contribution >= 0.6 is 34.7 Å². The molecule has 0 aliphatic carbocycles. The van der Waals surface area contributed by atoms with Crippen molar-refractivity contribution in [3.05, 3.63) is 64.5 Å². The molecule has 1 N–H and O–H groups in total. The number of benzene rings is 2. The van der Waals surface area contributed by atoms with Crippen molar-refractivity contribution in [2.24, 2.45) is 0 Å². The molecular weight excluding hydrogens is 428 g/mol. The maximum atomic E-state index is 12.2. The number of rotatable bonds is 6. The van der Waals surface area contributed by atoms with Gasteiger partial charge in [-0.15, -0.1) is 21.5 Å². The predicted molar refractivity (Wildman–Crippen MR) is 116 cm³/mol. The predicted octanol–water partition coefficient (Wildman–Crippen LogP) is 5.55. The van der Waals surface area contributed by atoms with Gasteiger partial charge in [-0.1, -0.05) is 59.3 Å². The van der Waals surface area contributed by atoms with Crippen LogP contribution < -0.4 is 5.32 Å². The van der Waals surface area contributed by atoms with Crippen molar-refractivity contribution in [1.29, 1.82) is 0 Å². The first-order chi connectivity index (χ1) is 14.1. The largest absolute Gasteiger partial charge is 0.411 e. The average Bonchev–Trinajstić information content (AvgIpc) is 3.37. The Morgan fingerprint density at radius 3 is 2.79 bits per heavy atom. The van der Waals surface area contributed by atoms with E-state index in [-0.39, 0.29) is 11.7 Å². The van der Waals surface area contributed by atoms with Crippen LogP contribution in [0.1, 0.15) is 5.56 Å². The summed E-state index contributed by atoms with van der Waals surface area (Å²) in [7, 11) is 0. The van der Waals surface area contributed by atoms with Crippen LogP contribution in [-0.2, 0) is 4.79 Å². The number of nitrogens with zero attached hydrogens (tertiary/aromatic N) is 3. The van der Waals surface area contributed by atoms with Crippen LogP contribution in [0.5, 0.6) is 0 Å². The molecule has 1 amide bonds. The zero-order valence-corrected chi connectivity index (χ0v) is 17.6. The number of hydrogen-bond acceptors (Lipinski definition) is 7. The number of nitrogens with one attached hydrogen (secondary N) is 1. The number of thiazole rings is 1. The number of aryl methyl sites for hydroxylation is 1. The molecule has 0 saturated heterocycles. The summed E-state index contributed by atoms with van der Waals surface area (Å²) in [4.78, 5) is 16.7. The Hall–Kier alpha value is -2.68. The van der Waals surface area contributed by atoms with Crippen LogP contribution in [0.4, 0.5) is 5.13 Å². The molecule has 2 aromatic carbocycles. The Morgan fingerprint density at radius 2 is 2.00 bits per heavy atom. The molecule has 0 unspecified atom stereocenters. The first-order valence-electron chi connectivity index (χ1n) is 8.61. The molecule has 0 fully saturated rings. The summed E-state index contributed by atoms with van der Waals surface area (Å²) >= 11 is 8.52. The molecular formula is C20H15ClN4O2S2. The summed E-state index contributed by atoms with van der Waals surface area (Å²) in [6.45, 7) is 2.04. The van der Waals surface area contributed by atoms with Gasteiger partial charge in [0.15, 0.2) is 5.13 Å². The molecule has 6 nitrogen and oxygen atoms in total. The third kappa shape index (κ3) is 5.03. The number of anilines is 1. The smallest absolute Gasteiger partial charge is 0.277 e. The lowest BCUT2D eigenvalue weighted by molar-refractivity contribution is -0.113. The molecule has 0 atom stereocenters. The van der Waals surface area contributed by atoms with Crippen molar-refractivity contribution in [2.75, 3.05) is 11.1 Å². The number of carbonyl (C=O) groups excluding carboxylic acids is 1. The Labute approximate surface area is 180 Å². The molecule has 0 bridgehead atoms. The van der Waals surface area contributed by atoms with Crippen LogP contribution in [0.2, 0.25) is 5.02 Å². The summed E-state index contributed by atoms with van der Waals surface area (Å²) in [6, 6.07) is 15.2. The normalized spacial score (nSPS) is 10.8. The van der Waals surface area contributed by atoms with Gasteiger partial charge < -0.3 is 9.73 Å². The quantitative estimate of drug-likeness (QED) is 0.394. The molecule has 146 valence electrons. The van der Waals surface area contributed by atoms with Gasteiger partial charge in [-0.05, 0) is 25.1 Å². The number of halogens is 1. The molecule has 0 aliphatic heterocycles. The van der Waals surface area contributed by atoms with Gasteiger partial charge in [-0.2, -0.15) is 0 Å². The maximum Gasteiger partial charge on any atom is 0.277 e. The molecule has 2 aromatic heterocycles. The van der Waals surface area contributed by atoms with E-state index in [0.717, 1.165) is 28.6 Å². The molecule has 0 saturated carbocycles. The number of thioether (sulfide) groups is 1. The highest BCUT2D eigenvalue weighted by Gasteiger charge is 2.13. The monoisotopic (exact) mass is 442 g/mol. The molecule has 4 rings (SSSR count). The fourth-order valence-electron chi connectivity index (χ4n) is 2.48. The first kappa shape index (κ1) is 19.6. The van der Waals surface area contributed by atoms with E-state index in [9.17, 15) is 4.79 Å². The molecule has 0 aliphatic rings. The zero-order valence-electron chi connectivity index (χ0n) is 15.3. The van der Waals surface area contributed by atoms with E-state index in [2.05, 4.69) is 20.5 Å². The van der Waals surface area contributed by atoms with E-state index in [0.29, 0.717) is 21.3 Å². The minimum Gasteiger partial charge on any atom is -0.411 e. The minimum atomic E-state index is -0.192. The highest BCUT2D eigenvalue weighted by Crippen LogP contribution is 2.27. The van der Waals surface area contributed by atoms with Gasteiger partial charge in [0.1, 0.15) is 0 Å². The molecule has 29 heavy (non-hydrogen) atoms. The second-order valence-corrected chi connectivity index (χ2v) is 8.35. The Balaban J connectivity index is 1.33. The van der Waals surface area contributed by atoms with E-state index < -0.39 is 0 Å². The van der Waals surface area contributed by atoms with Crippen molar-refractivity contribution < 1.29 is 9.21 Å². The van der Waals surface area contributed by atoms with Gasteiger partial charge in [0.25, 0.3) is 5.22 Å². The van der Waals surface area contributed by atoms with Crippen molar-refractivity contribution in [2.45, 2.75) is 12.1 Å². The third-order valence-corrected chi connectivity index (χ3v) is 5.71. The van der Waals surface area contributed by atoms with Gasteiger partial charge in [0, 0.05) is 21.5 Å². The summed E-state index contributed by atoms with van der Waals surface area (Å²) in [5.74, 6) is 0.303. The van der Waals surface area contributed by atoms with Crippen LogP contribution in [0, 0.1) is 6.92 Å². The molecule has 2 heterocycles. The van der Waals surface area contributed by atoms with Crippen LogP contribution in [0.3, 0.4) is 0 Å². The maximum absolute atomic E-state index is 12.2. The first-order valence-corrected chi connectivity index (χ1v) is 10.9. The summed E-state index contributed by atoms with van der Waals surface area (Å²) < 4.78 is 5.59. The van der Waals surface area contributed by atoms with Gasteiger partial charge in [-0.25, -0.2) is 4.98 Å². The van der Waals surface area contributed by atoms with E-state index in [1.54, 1.807) is 18.2 Å². The van der Waals surface area contributed by atoms with Gasteiger partial charge in [0.2, 0.25) is 11.8 Å². The van der Waals surface area contributed by atoms with Crippen LogP contribution in [0.15, 0.2) is 63.6 Å². The zero-order chi connectivity index (χ0) is 20.2.